The molecule has 0 aromatic heterocycles. The van der Waals surface area contributed by atoms with Crippen LogP contribution in [-0.4, -0.2) is 59.7 Å². The summed E-state index contributed by atoms with van der Waals surface area (Å²) in [6, 6.07) is -0.394. The van der Waals surface area contributed by atoms with E-state index in [-0.39, 0.29) is 30.1 Å². The standard InChI is InChI=1S/C12H20N4O3S/c17-11(14-8-3-5-13-6-4-8)10-2-1-9-7-15(10)12(18)16(9)19-20/h8-10,13,20H,1-7H2,(H,14,17)/t9-,10+/m1/s1. The van der Waals surface area contributed by atoms with Crippen LogP contribution in [0, 0.1) is 0 Å². The van der Waals surface area contributed by atoms with Gasteiger partial charge in [0, 0.05) is 25.5 Å². The highest BCUT2D eigenvalue weighted by Gasteiger charge is 2.48. The Bertz CT molecular complexity index is 402. The number of hydroxylamine groups is 2. The number of piperidine rings is 2. The first kappa shape index (κ1) is 14.0. The van der Waals surface area contributed by atoms with Crippen molar-refractivity contribution in [1.29, 1.82) is 0 Å². The van der Waals surface area contributed by atoms with Gasteiger partial charge in [0.2, 0.25) is 5.91 Å². The molecule has 0 spiro atoms. The van der Waals surface area contributed by atoms with Gasteiger partial charge in [0.05, 0.1) is 6.04 Å². The van der Waals surface area contributed by atoms with Gasteiger partial charge in [0.15, 0.2) is 0 Å². The van der Waals surface area contributed by atoms with E-state index in [2.05, 4.69) is 23.5 Å². The summed E-state index contributed by atoms with van der Waals surface area (Å²) < 4.78 is 4.81. The van der Waals surface area contributed by atoms with Gasteiger partial charge in [-0.2, -0.15) is 5.06 Å². The monoisotopic (exact) mass is 300 g/mol. The summed E-state index contributed by atoms with van der Waals surface area (Å²) in [6.45, 7) is 2.41. The van der Waals surface area contributed by atoms with Crippen molar-refractivity contribution in [3.8, 4) is 0 Å². The highest BCUT2D eigenvalue weighted by Crippen LogP contribution is 2.30. The van der Waals surface area contributed by atoms with Crippen molar-refractivity contribution in [3.05, 3.63) is 0 Å². The van der Waals surface area contributed by atoms with Crippen LogP contribution in [-0.2, 0) is 9.08 Å². The van der Waals surface area contributed by atoms with Crippen LogP contribution >= 0.6 is 12.9 Å². The Balaban J connectivity index is 1.62. The molecule has 0 unspecified atom stereocenters. The first-order valence-electron chi connectivity index (χ1n) is 7.13. The zero-order valence-electron chi connectivity index (χ0n) is 11.2. The predicted octanol–water partition coefficient (Wildman–Crippen LogP) is -0.100. The molecular weight excluding hydrogens is 280 g/mol. The zero-order valence-corrected chi connectivity index (χ0v) is 12.1. The van der Waals surface area contributed by atoms with Gasteiger partial charge in [-0.15, -0.1) is 0 Å². The number of rotatable bonds is 3. The van der Waals surface area contributed by atoms with Gasteiger partial charge in [-0.3, -0.25) is 4.79 Å². The third kappa shape index (κ3) is 2.47. The third-order valence-corrected chi connectivity index (χ3v) is 4.57. The van der Waals surface area contributed by atoms with E-state index in [9.17, 15) is 9.59 Å². The van der Waals surface area contributed by atoms with Crippen molar-refractivity contribution in [3.63, 3.8) is 0 Å². The molecule has 0 aromatic carbocycles. The lowest BCUT2D eigenvalue weighted by molar-refractivity contribution is -0.127. The number of urea groups is 1. The number of fused-ring (bicyclic) bond motifs is 2. The smallest absolute Gasteiger partial charge is 0.345 e. The van der Waals surface area contributed by atoms with Crippen LogP contribution in [0.4, 0.5) is 4.79 Å². The summed E-state index contributed by atoms with van der Waals surface area (Å²) in [5.74, 6) is -0.0373. The lowest BCUT2D eigenvalue weighted by Crippen LogP contribution is -2.53. The quantitative estimate of drug-likeness (QED) is 0.503. The molecule has 0 aromatic rings. The molecule has 2 atom stereocenters. The Morgan fingerprint density at radius 3 is 2.75 bits per heavy atom. The molecule has 3 aliphatic heterocycles. The average Bonchev–Trinajstić information content (AvgIpc) is 2.71. The minimum Gasteiger partial charge on any atom is -0.351 e. The van der Waals surface area contributed by atoms with E-state index in [0.717, 1.165) is 32.4 Å². The van der Waals surface area contributed by atoms with Crippen LogP contribution in [0.2, 0.25) is 0 Å². The zero-order chi connectivity index (χ0) is 14.1. The van der Waals surface area contributed by atoms with E-state index in [4.69, 9.17) is 4.28 Å². The van der Waals surface area contributed by atoms with E-state index >= 15 is 0 Å². The van der Waals surface area contributed by atoms with Gasteiger partial charge in [-0.05, 0) is 38.8 Å². The predicted molar refractivity (Wildman–Crippen MR) is 74.9 cm³/mol. The molecule has 3 saturated heterocycles. The lowest BCUT2D eigenvalue weighted by atomic mass is 9.99. The van der Waals surface area contributed by atoms with Gasteiger partial charge in [-0.25, -0.2) is 9.08 Å². The summed E-state index contributed by atoms with van der Waals surface area (Å²) in [7, 11) is 0. The normalized spacial score (nSPS) is 30.8. The van der Waals surface area contributed by atoms with E-state index in [1.165, 1.54) is 5.06 Å². The van der Waals surface area contributed by atoms with Gasteiger partial charge < -0.3 is 15.5 Å². The molecule has 0 aliphatic carbocycles. The number of carbonyl (C=O) groups excluding carboxylic acids is 2. The Morgan fingerprint density at radius 1 is 1.30 bits per heavy atom. The fraction of sp³-hybridized carbons (Fsp3) is 0.833. The fourth-order valence-corrected chi connectivity index (χ4v) is 3.48. The van der Waals surface area contributed by atoms with Crippen molar-refractivity contribution >= 4 is 24.8 Å². The summed E-state index contributed by atoms with van der Waals surface area (Å²) in [5, 5.41) is 7.61. The molecule has 3 aliphatic rings. The fourth-order valence-electron chi connectivity index (χ4n) is 3.28. The maximum atomic E-state index is 12.4. The molecule has 2 N–H and O–H groups in total. The van der Waals surface area contributed by atoms with Gasteiger partial charge in [-0.1, -0.05) is 0 Å². The van der Waals surface area contributed by atoms with E-state index in [1.54, 1.807) is 4.90 Å². The summed E-state index contributed by atoms with van der Waals surface area (Å²) in [4.78, 5) is 26.1. The summed E-state index contributed by atoms with van der Waals surface area (Å²) in [5.41, 5.74) is 0. The average molecular weight is 300 g/mol. The maximum absolute atomic E-state index is 12.4. The van der Waals surface area contributed by atoms with Gasteiger partial charge in [0.1, 0.15) is 6.04 Å². The Kier molecular flexibility index (Phi) is 4.04. The highest BCUT2D eigenvalue weighted by molar-refractivity contribution is 7.75. The lowest BCUT2D eigenvalue weighted by Gasteiger charge is -2.32. The maximum Gasteiger partial charge on any atom is 0.345 e. The van der Waals surface area contributed by atoms with E-state index < -0.39 is 0 Å². The molecule has 112 valence electrons. The first-order chi connectivity index (χ1) is 9.70. The van der Waals surface area contributed by atoms with Crippen LogP contribution in [0.3, 0.4) is 0 Å². The van der Waals surface area contributed by atoms with Crippen LogP contribution in [0.25, 0.3) is 0 Å². The molecule has 3 fully saturated rings. The highest BCUT2D eigenvalue weighted by atomic mass is 32.1. The second-order valence-corrected chi connectivity index (χ2v) is 5.79. The Hall–Kier alpha value is -0.990. The van der Waals surface area contributed by atoms with Gasteiger partial charge in [0.25, 0.3) is 0 Å². The molecule has 0 saturated carbocycles. The minimum absolute atomic E-state index is 0.0166. The Labute approximate surface area is 123 Å². The molecule has 2 bridgehead atoms. The van der Waals surface area contributed by atoms with Crippen LogP contribution in [0.15, 0.2) is 0 Å². The topological polar surface area (TPSA) is 73.9 Å². The molecular formula is C12H20N4O3S. The van der Waals surface area contributed by atoms with Crippen molar-refractivity contribution in [2.45, 2.75) is 43.8 Å². The summed E-state index contributed by atoms with van der Waals surface area (Å²) in [6.07, 6.45) is 3.34. The van der Waals surface area contributed by atoms with Crippen LogP contribution in [0.1, 0.15) is 25.7 Å². The molecule has 3 amide bonds. The number of hydrogen-bond donors (Lipinski definition) is 3. The molecule has 3 heterocycles. The van der Waals surface area contributed by atoms with Crippen LogP contribution < -0.4 is 10.6 Å². The molecule has 20 heavy (non-hydrogen) atoms. The van der Waals surface area contributed by atoms with E-state index in [0.29, 0.717) is 13.0 Å². The van der Waals surface area contributed by atoms with Crippen LogP contribution in [0.5, 0.6) is 0 Å². The van der Waals surface area contributed by atoms with Gasteiger partial charge >= 0.3 is 6.03 Å². The number of hydrogen-bond acceptors (Lipinski definition) is 5. The van der Waals surface area contributed by atoms with Crippen molar-refractivity contribution in [2.24, 2.45) is 0 Å². The molecule has 7 nitrogen and oxygen atoms in total. The number of nitrogens with zero attached hydrogens (tertiary/aromatic N) is 2. The third-order valence-electron chi connectivity index (χ3n) is 4.40. The second-order valence-electron chi connectivity index (χ2n) is 5.62. The second kappa shape index (κ2) is 5.79. The van der Waals surface area contributed by atoms with Crippen molar-refractivity contribution in [1.82, 2.24) is 20.6 Å². The van der Waals surface area contributed by atoms with Crippen molar-refractivity contribution in [2.75, 3.05) is 19.6 Å². The summed E-state index contributed by atoms with van der Waals surface area (Å²) >= 11 is 3.71. The number of carbonyl (C=O) groups is 2. The molecule has 8 heteroatoms. The van der Waals surface area contributed by atoms with Crippen molar-refractivity contribution < 1.29 is 13.9 Å². The SMILES string of the molecule is O=C(NC1CCNCC1)[C@@H]1CC[C@@H]2CN1C(=O)N2OS. The molecule has 3 rings (SSSR count). The minimum atomic E-state index is -0.373. The number of amides is 3. The first-order valence-corrected chi connectivity index (χ1v) is 7.49. The number of thiol groups is 1. The number of nitrogens with one attached hydrogen (secondary N) is 2. The molecule has 0 radical (unpaired) electrons. The largest absolute Gasteiger partial charge is 0.351 e. The Morgan fingerprint density at radius 2 is 2.05 bits per heavy atom. The van der Waals surface area contributed by atoms with E-state index in [1.807, 2.05) is 0 Å².